The Kier molecular flexibility index (Phi) is 6.41. The number of anilines is 1. The van der Waals surface area contributed by atoms with E-state index < -0.39 is 0 Å². The van der Waals surface area contributed by atoms with Gasteiger partial charge in [-0.05, 0) is 50.1 Å². The Morgan fingerprint density at radius 3 is 2.67 bits per heavy atom. The SMILES string of the molecule is O=C(NCC1COC1)c1ccc(N2CCC(N3CCC(c4nc5ccccc5c(=O)[nH]4)C3)CC2)cn1. The second-order valence-corrected chi connectivity index (χ2v) is 10.2. The van der Waals surface area contributed by atoms with Crippen molar-refractivity contribution in [2.45, 2.75) is 31.2 Å². The summed E-state index contributed by atoms with van der Waals surface area (Å²) in [5, 5.41) is 3.59. The van der Waals surface area contributed by atoms with E-state index in [1.165, 1.54) is 0 Å². The van der Waals surface area contributed by atoms with Crippen LogP contribution in [0.1, 0.15) is 41.5 Å². The van der Waals surface area contributed by atoms with Crippen molar-refractivity contribution in [1.29, 1.82) is 0 Å². The molecule has 5 heterocycles. The van der Waals surface area contributed by atoms with Crippen molar-refractivity contribution in [3.05, 3.63) is 64.5 Å². The van der Waals surface area contributed by atoms with Gasteiger partial charge in [-0.15, -0.1) is 0 Å². The fourth-order valence-electron chi connectivity index (χ4n) is 5.57. The number of carbonyl (C=O) groups excluding carboxylic acids is 1. The molecular formula is C27H32N6O3. The molecule has 1 amide bonds. The van der Waals surface area contributed by atoms with Gasteiger partial charge in [0.15, 0.2) is 0 Å². The number of aromatic amines is 1. The zero-order valence-electron chi connectivity index (χ0n) is 20.4. The van der Waals surface area contributed by atoms with Crippen LogP contribution < -0.4 is 15.8 Å². The minimum Gasteiger partial charge on any atom is -0.381 e. The third kappa shape index (κ3) is 4.73. The number of likely N-dealkylation sites (tertiary alicyclic amines) is 1. The van der Waals surface area contributed by atoms with Crippen LogP contribution in [0.2, 0.25) is 0 Å². The van der Waals surface area contributed by atoms with Gasteiger partial charge in [0.1, 0.15) is 11.5 Å². The molecule has 3 fully saturated rings. The minimum absolute atomic E-state index is 0.0487. The van der Waals surface area contributed by atoms with Crippen molar-refractivity contribution < 1.29 is 9.53 Å². The molecule has 1 aromatic carbocycles. The van der Waals surface area contributed by atoms with Gasteiger partial charge in [0, 0.05) is 44.1 Å². The van der Waals surface area contributed by atoms with E-state index in [2.05, 4.69) is 25.1 Å². The van der Waals surface area contributed by atoms with Crippen molar-refractivity contribution in [3.8, 4) is 0 Å². The molecule has 36 heavy (non-hydrogen) atoms. The van der Waals surface area contributed by atoms with E-state index in [1.807, 2.05) is 42.6 Å². The molecular weight excluding hydrogens is 456 g/mol. The molecule has 6 rings (SSSR count). The number of pyridine rings is 1. The maximum absolute atomic E-state index is 12.5. The molecule has 9 heteroatoms. The van der Waals surface area contributed by atoms with Crippen LogP contribution in [0.15, 0.2) is 47.4 Å². The van der Waals surface area contributed by atoms with Gasteiger partial charge >= 0.3 is 0 Å². The number of carbonyl (C=O) groups is 1. The number of nitrogens with one attached hydrogen (secondary N) is 2. The lowest BCUT2D eigenvalue weighted by Crippen LogP contribution is -2.44. The number of fused-ring (bicyclic) bond motifs is 1. The Hall–Kier alpha value is -3.30. The van der Waals surface area contributed by atoms with Crippen LogP contribution in [0.25, 0.3) is 10.9 Å². The van der Waals surface area contributed by atoms with E-state index in [0.717, 1.165) is 75.7 Å². The molecule has 2 N–H and O–H groups in total. The van der Waals surface area contributed by atoms with Crippen molar-refractivity contribution >= 4 is 22.5 Å². The predicted octanol–water partition coefficient (Wildman–Crippen LogP) is 2.15. The summed E-state index contributed by atoms with van der Waals surface area (Å²) < 4.78 is 5.15. The lowest BCUT2D eigenvalue weighted by Gasteiger charge is -2.37. The van der Waals surface area contributed by atoms with Gasteiger partial charge in [-0.2, -0.15) is 0 Å². The van der Waals surface area contributed by atoms with Gasteiger partial charge in [0.2, 0.25) is 0 Å². The van der Waals surface area contributed by atoms with Crippen LogP contribution in [0.5, 0.6) is 0 Å². The Morgan fingerprint density at radius 1 is 1.08 bits per heavy atom. The van der Waals surface area contributed by atoms with E-state index in [0.29, 0.717) is 29.6 Å². The number of para-hydroxylation sites is 1. The zero-order valence-corrected chi connectivity index (χ0v) is 20.4. The van der Waals surface area contributed by atoms with Crippen LogP contribution >= 0.6 is 0 Å². The minimum atomic E-state index is -0.127. The lowest BCUT2D eigenvalue weighted by atomic mass is 10.0. The van der Waals surface area contributed by atoms with Gasteiger partial charge in [0.25, 0.3) is 11.5 Å². The Labute approximate surface area is 209 Å². The summed E-state index contributed by atoms with van der Waals surface area (Å²) in [5.41, 5.74) is 2.24. The Morgan fingerprint density at radius 2 is 1.92 bits per heavy atom. The van der Waals surface area contributed by atoms with Crippen LogP contribution in [-0.4, -0.2) is 77.7 Å². The zero-order chi connectivity index (χ0) is 24.5. The third-order valence-electron chi connectivity index (χ3n) is 7.82. The molecule has 0 bridgehead atoms. The highest BCUT2D eigenvalue weighted by Crippen LogP contribution is 2.30. The quantitative estimate of drug-likeness (QED) is 0.548. The fourth-order valence-corrected chi connectivity index (χ4v) is 5.57. The molecule has 3 saturated heterocycles. The maximum atomic E-state index is 12.5. The average Bonchev–Trinajstić information content (AvgIpc) is 3.38. The summed E-state index contributed by atoms with van der Waals surface area (Å²) in [6.45, 7) is 5.98. The van der Waals surface area contributed by atoms with E-state index in [-0.39, 0.29) is 17.4 Å². The molecule has 1 atom stereocenters. The highest BCUT2D eigenvalue weighted by molar-refractivity contribution is 5.92. The fraction of sp³-hybridized carbons (Fsp3) is 0.481. The highest BCUT2D eigenvalue weighted by Gasteiger charge is 2.32. The summed E-state index contributed by atoms with van der Waals surface area (Å²) in [6, 6.07) is 11.9. The molecule has 0 radical (unpaired) electrons. The molecule has 0 spiro atoms. The number of rotatable bonds is 6. The number of H-pyrrole nitrogens is 1. The number of nitrogens with zero attached hydrogens (tertiary/aromatic N) is 4. The second kappa shape index (κ2) is 9.99. The van der Waals surface area contributed by atoms with Gasteiger partial charge in [-0.25, -0.2) is 9.97 Å². The summed E-state index contributed by atoms with van der Waals surface area (Å²) in [4.78, 5) is 41.9. The summed E-state index contributed by atoms with van der Waals surface area (Å²) in [5.74, 6) is 1.37. The normalized spacial score (nSPS) is 21.6. The first kappa shape index (κ1) is 23.1. The van der Waals surface area contributed by atoms with Crippen LogP contribution in [0, 0.1) is 5.92 Å². The van der Waals surface area contributed by atoms with Gasteiger partial charge in [-0.1, -0.05) is 12.1 Å². The lowest BCUT2D eigenvalue weighted by molar-refractivity contribution is -0.0299. The van der Waals surface area contributed by atoms with Gasteiger partial charge in [-0.3, -0.25) is 14.5 Å². The summed E-state index contributed by atoms with van der Waals surface area (Å²) in [7, 11) is 0. The molecule has 3 aliphatic rings. The van der Waals surface area contributed by atoms with E-state index in [4.69, 9.17) is 9.72 Å². The Balaban J connectivity index is 1.02. The number of hydrogen-bond donors (Lipinski definition) is 2. The standard InChI is InChI=1S/C27H32N6O3/c34-26-22-3-1-2-4-23(22)30-25(31-26)19-7-10-33(15-19)20-8-11-32(12-9-20)21-5-6-24(28-14-21)27(35)29-13-18-16-36-17-18/h1-6,14,18-20H,7-13,15-17H2,(H,29,35)(H,30,31,34). The van der Waals surface area contributed by atoms with Gasteiger partial charge in [0.05, 0.1) is 36.0 Å². The monoisotopic (exact) mass is 488 g/mol. The number of hydrogen-bond acceptors (Lipinski definition) is 7. The average molecular weight is 489 g/mol. The highest BCUT2D eigenvalue weighted by atomic mass is 16.5. The van der Waals surface area contributed by atoms with Crippen molar-refractivity contribution in [3.63, 3.8) is 0 Å². The molecule has 0 aliphatic carbocycles. The van der Waals surface area contributed by atoms with Crippen LogP contribution in [-0.2, 0) is 4.74 Å². The Bertz CT molecular complexity index is 1280. The molecule has 0 saturated carbocycles. The summed E-state index contributed by atoms with van der Waals surface area (Å²) in [6.07, 6.45) is 5.00. The number of piperidine rings is 1. The van der Waals surface area contributed by atoms with Crippen molar-refractivity contribution in [2.24, 2.45) is 5.92 Å². The predicted molar refractivity (Wildman–Crippen MR) is 137 cm³/mol. The molecule has 3 aliphatic heterocycles. The van der Waals surface area contributed by atoms with E-state index in [9.17, 15) is 9.59 Å². The molecule has 9 nitrogen and oxygen atoms in total. The number of benzene rings is 1. The molecule has 188 valence electrons. The molecule has 3 aromatic rings. The van der Waals surface area contributed by atoms with Crippen LogP contribution in [0.4, 0.5) is 5.69 Å². The van der Waals surface area contributed by atoms with Crippen LogP contribution in [0.3, 0.4) is 0 Å². The number of ether oxygens (including phenoxy) is 1. The molecule has 1 unspecified atom stereocenters. The first-order valence-electron chi connectivity index (χ1n) is 12.9. The van der Waals surface area contributed by atoms with E-state index in [1.54, 1.807) is 0 Å². The third-order valence-corrected chi connectivity index (χ3v) is 7.82. The van der Waals surface area contributed by atoms with Crippen molar-refractivity contribution in [1.82, 2.24) is 25.2 Å². The topological polar surface area (TPSA) is 103 Å². The number of aromatic nitrogens is 3. The maximum Gasteiger partial charge on any atom is 0.269 e. The first-order valence-corrected chi connectivity index (χ1v) is 12.9. The summed E-state index contributed by atoms with van der Waals surface area (Å²) >= 11 is 0. The van der Waals surface area contributed by atoms with Gasteiger partial charge < -0.3 is 19.9 Å². The first-order chi connectivity index (χ1) is 17.6. The smallest absolute Gasteiger partial charge is 0.269 e. The largest absolute Gasteiger partial charge is 0.381 e. The van der Waals surface area contributed by atoms with E-state index >= 15 is 0 Å². The second-order valence-electron chi connectivity index (χ2n) is 10.2. The van der Waals surface area contributed by atoms with Crippen molar-refractivity contribution in [2.75, 3.05) is 50.8 Å². The number of amides is 1. The molecule has 2 aromatic heterocycles.